The Kier molecular flexibility index (Phi) is 3.62. The SMILES string of the molecule is Cc1cccc(CN2CC(C)NC(C)C2)c1. The number of hydrogen-bond donors (Lipinski definition) is 1. The Morgan fingerprint density at radius 3 is 2.56 bits per heavy atom. The highest BCUT2D eigenvalue weighted by atomic mass is 15.2. The lowest BCUT2D eigenvalue weighted by molar-refractivity contribution is 0.166. The number of hydrogen-bond acceptors (Lipinski definition) is 2. The number of aryl methyl sites for hydroxylation is 1. The molecule has 2 atom stereocenters. The molecule has 1 N–H and O–H groups in total. The molecule has 1 aromatic rings. The summed E-state index contributed by atoms with van der Waals surface area (Å²) in [5, 5.41) is 3.56. The van der Waals surface area contributed by atoms with Gasteiger partial charge in [-0.3, -0.25) is 4.90 Å². The van der Waals surface area contributed by atoms with Gasteiger partial charge in [0.15, 0.2) is 0 Å². The van der Waals surface area contributed by atoms with Crippen molar-refractivity contribution in [3.05, 3.63) is 35.4 Å². The second-order valence-corrected chi connectivity index (χ2v) is 5.15. The van der Waals surface area contributed by atoms with Gasteiger partial charge >= 0.3 is 0 Å². The summed E-state index contributed by atoms with van der Waals surface area (Å²) in [6.45, 7) is 10.1. The van der Waals surface area contributed by atoms with Gasteiger partial charge in [-0.15, -0.1) is 0 Å². The van der Waals surface area contributed by atoms with Gasteiger partial charge in [0.25, 0.3) is 0 Å². The fourth-order valence-corrected chi connectivity index (χ4v) is 2.64. The lowest BCUT2D eigenvalue weighted by atomic mass is 10.1. The largest absolute Gasteiger partial charge is 0.309 e. The minimum Gasteiger partial charge on any atom is -0.309 e. The number of piperazine rings is 1. The van der Waals surface area contributed by atoms with Crippen molar-refractivity contribution in [2.75, 3.05) is 13.1 Å². The van der Waals surface area contributed by atoms with Gasteiger partial charge in [0, 0.05) is 31.7 Å². The lowest BCUT2D eigenvalue weighted by Crippen LogP contribution is -2.53. The second kappa shape index (κ2) is 4.98. The zero-order valence-corrected chi connectivity index (χ0v) is 10.5. The van der Waals surface area contributed by atoms with Crippen LogP contribution in [0.4, 0.5) is 0 Å². The molecule has 1 aliphatic rings. The van der Waals surface area contributed by atoms with Crippen molar-refractivity contribution in [2.24, 2.45) is 0 Å². The van der Waals surface area contributed by atoms with Gasteiger partial charge in [0.05, 0.1) is 0 Å². The van der Waals surface area contributed by atoms with E-state index in [1.807, 2.05) is 0 Å². The quantitative estimate of drug-likeness (QED) is 0.818. The van der Waals surface area contributed by atoms with E-state index in [9.17, 15) is 0 Å². The topological polar surface area (TPSA) is 15.3 Å². The van der Waals surface area contributed by atoms with E-state index in [1.165, 1.54) is 11.1 Å². The molecule has 2 heteroatoms. The number of benzene rings is 1. The smallest absolute Gasteiger partial charge is 0.0235 e. The first-order valence-corrected chi connectivity index (χ1v) is 6.17. The molecule has 16 heavy (non-hydrogen) atoms. The van der Waals surface area contributed by atoms with E-state index >= 15 is 0 Å². The van der Waals surface area contributed by atoms with Crippen molar-refractivity contribution in [1.82, 2.24) is 10.2 Å². The number of nitrogens with one attached hydrogen (secondary N) is 1. The Hall–Kier alpha value is -0.860. The molecule has 0 aliphatic carbocycles. The maximum atomic E-state index is 3.56. The Balaban J connectivity index is 1.98. The summed E-state index contributed by atoms with van der Waals surface area (Å²) in [5.74, 6) is 0. The summed E-state index contributed by atoms with van der Waals surface area (Å²) in [6.07, 6.45) is 0. The van der Waals surface area contributed by atoms with Crippen molar-refractivity contribution in [2.45, 2.75) is 39.4 Å². The monoisotopic (exact) mass is 218 g/mol. The predicted octanol–water partition coefficient (Wildman–Crippen LogP) is 2.18. The minimum absolute atomic E-state index is 0.605. The molecular formula is C14H22N2. The third kappa shape index (κ3) is 3.06. The highest BCUT2D eigenvalue weighted by molar-refractivity contribution is 5.22. The van der Waals surface area contributed by atoms with Crippen LogP contribution in [0.3, 0.4) is 0 Å². The molecule has 0 spiro atoms. The van der Waals surface area contributed by atoms with Crippen LogP contribution in [0.1, 0.15) is 25.0 Å². The molecule has 1 fully saturated rings. The van der Waals surface area contributed by atoms with Crippen molar-refractivity contribution < 1.29 is 0 Å². The van der Waals surface area contributed by atoms with E-state index in [1.54, 1.807) is 0 Å². The average Bonchev–Trinajstić information content (AvgIpc) is 2.15. The predicted molar refractivity (Wildman–Crippen MR) is 68.5 cm³/mol. The number of rotatable bonds is 2. The van der Waals surface area contributed by atoms with Gasteiger partial charge in [-0.25, -0.2) is 0 Å². The van der Waals surface area contributed by atoms with E-state index in [0.717, 1.165) is 19.6 Å². The summed E-state index contributed by atoms with van der Waals surface area (Å²) >= 11 is 0. The summed E-state index contributed by atoms with van der Waals surface area (Å²) in [6, 6.07) is 10.0. The molecule has 0 amide bonds. The summed E-state index contributed by atoms with van der Waals surface area (Å²) in [7, 11) is 0. The van der Waals surface area contributed by atoms with E-state index in [2.05, 4.69) is 55.3 Å². The van der Waals surface area contributed by atoms with Crippen molar-refractivity contribution in [3.63, 3.8) is 0 Å². The Bertz CT molecular complexity index is 338. The third-order valence-corrected chi connectivity index (χ3v) is 3.12. The molecule has 0 radical (unpaired) electrons. The molecule has 1 aliphatic heterocycles. The van der Waals surface area contributed by atoms with E-state index in [-0.39, 0.29) is 0 Å². The van der Waals surface area contributed by atoms with Gasteiger partial charge in [-0.1, -0.05) is 29.8 Å². The fraction of sp³-hybridized carbons (Fsp3) is 0.571. The van der Waals surface area contributed by atoms with Crippen LogP contribution in [0.15, 0.2) is 24.3 Å². The second-order valence-electron chi connectivity index (χ2n) is 5.15. The molecule has 0 bridgehead atoms. The normalized spacial score (nSPS) is 26.9. The first-order valence-electron chi connectivity index (χ1n) is 6.17. The Labute approximate surface area is 98.7 Å². The Morgan fingerprint density at radius 1 is 1.25 bits per heavy atom. The van der Waals surface area contributed by atoms with Crippen LogP contribution >= 0.6 is 0 Å². The molecule has 2 nitrogen and oxygen atoms in total. The zero-order valence-electron chi connectivity index (χ0n) is 10.5. The molecule has 1 aromatic carbocycles. The minimum atomic E-state index is 0.605. The van der Waals surface area contributed by atoms with Crippen LogP contribution in [0.25, 0.3) is 0 Å². The van der Waals surface area contributed by atoms with Crippen LogP contribution in [0.2, 0.25) is 0 Å². The first-order chi connectivity index (χ1) is 7.63. The molecule has 88 valence electrons. The van der Waals surface area contributed by atoms with Crippen LogP contribution in [0.5, 0.6) is 0 Å². The standard InChI is InChI=1S/C14H22N2/c1-11-5-4-6-14(7-11)10-16-8-12(2)15-13(3)9-16/h4-7,12-13,15H,8-10H2,1-3H3. The van der Waals surface area contributed by atoms with Gasteiger partial charge in [-0.2, -0.15) is 0 Å². The molecule has 2 unspecified atom stereocenters. The Morgan fingerprint density at radius 2 is 1.94 bits per heavy atom. The maximum absolute atomic E-state index is 3.56. The van der Waals surface area contributed by atoms with Gasteiger partial charge in [0.2, 0.25) is 0 Å². The summed E-state index contributed by atoms with van der Waals surface area (Å²) in [4.78, 5) is 2.54. The molecule has 1 heterocycles. The van der Waals surface area contributed by atoms with Gasteiger partial charge in [0.1, 0.15) is 0 Å². The van der Waals surface area contributed by atoms with E-state index < -0.39 is 0 Å². The third-order valence-electron chi connectivity index (χ3n) is 3.12. The molecule has 0 saturated carbocycles. The van der Waals surface area contributed by atoms with Crippen LogP contribution in [0, 0.1) is 6.92 Å². The first kappa shape index (κ1) is 11.6. The van der Waals surface area contributed by atoms with Crippen molar-refractivity contribution in [3.8, 4) is 0 Å². The lowest BCUT2D eigenvalue weighted by Gasteiger charge is -2.36. The van der Waals surface area contributed by atoms with Gasteiger partial charge < -0.3 is 5.32 Å². The molecular weight excluding hydrogens is 196 g/mol. The summed E-state index contributed by atoms with van der Waals surface area (Å²) in [5.41, 5.74) is 2.79. The fourth-order valence-electron chi connectivity index (χ4n) is 2.64. The van der Waals surface area contributed by atoms with Crippen LogP contribution < -0.4 is 5.32 Å². The van der Waals surface area contributed by atoms with Crippen LogP contribution in [-0.2, 0) is 6.54 Å². The molecule has 1 saturated heterocycles. The molecule has 2 rings (SSSR count). The summed E-state index contributed by atoms with van der Waals surface area (Å²) < 4.78 is 0. The molecule has 0 aromatic heterocycles. The van der Waals surface area contributed by atoms with E-state index in [4.69, 9.17) is 0 Å². The number of nitrogens with zero attached hydrogens (tertiary/aromatic N) is 1. The zero-order chi connectivity index (χ0) is 11.5. The van der Waals surface area contributed by atoms with Crippen LogP contribution in [-0.4, -0.2) is 30.1 Å². The van der Waals surface area contributed by atoms with Crippen molar-refractivity contribution >= 4 is 0 Å². The highest BCUT2D eigenvalue weighted by Gasteiger charge is 2.20. The highest BCUT2D eigenvalue weighted by Crippen LogP contribution is 2.11. The van der Waals surface area contributed by atoms with E-state index in [0.29, 0.717) is 12.1 Å². The van der Waals surface area contributed by atoms with Gasteiger partial charge in [-0.05, 0) is 26.3 Å². The maximum Gasteiger partial charge on any atom is 0.0235 e. The average molecular weight is 218 g/mol. The van der Waals surface area contributed by atoms with Crippen molar-refractivity contribution in [1.29, 1.82) is 0 Å².